The molecule has 60 valence electrons. The second-order valence-corrected chi connectivity index (χ2v) is 2.71. The van der Waals surface area contributed by atoms with Gasteiger partial charge in [0.1, 0.15) is 0 Å². The van der Waals surface area contributed by atoms with Crippen LogP contribution in [0.2, 0.25) is 0 Å². The van der Waals surface area contributed by atoms with E-state index in [9.17, 15) is 0 Å². The molecule has 1 rings (SSSR count). The summed E-state index contributed by atoms with van der Waals surface area (Å²) in [5.74, 6) is 0. The SMILES string of the molecule is C=CC1=C=CC=CC(C(=C)C)=C1. The molecule has 0 aromatic rings. The van der Waals surface area contributed by atoms with Crippen LogP contribution in [0.5, 0.6) is 0 Å². The molecule has 0 aromatic heterocycles. The molecule has 0 bridgehead atoms. The van der Waals surface area contributed by atoms with E-state index < -0.39 is 0 Å². The van der Waals surface area contributed by atoms with Crippen molar-refractivity contribution >= 4 is 0 Å². The highest BCUT2D eigenvalue weighted by Crippen LogP contribution is 2.14. The predicted molar refractivity (Wildman–Crippen MR) is 53.8 cm³/mol. The number of hydrogen-bond donors (Lipinski definition) is 0. The van der Waals surface area contributed by atoms with Gasteiger partial charge < -0.3 is 0 Å². The number of rotatable bonds is 2. The van der Waals surface area contributed by atoms with Crippen molar-refractivity contribution < 1.29 is 0 Å². The lowest BCUT2D eigenvalue weighted by Gasteiger charge is -1.98. The van der Waals surface area contributed by atoms with E-state index in [0.717, 1.165) is 16.7 Å². The van der Waals surface area contributed by atoms with Crippen LogP contribution in [0.15, 0.2) is 66.0 Å². The Kier molecular flexibility index (Phi) is 2.68. The molecule has 12 heavy (non-hydrogen) atoms. The van der Waals surface area contributed by atoms with Crippen LogP contribution in [-0.4, -0.2) is 0 Å². The molecule has 0 amide bonds. The fourth-order valence-electron chi connectivity index (χ4n) is 0.937. The summed E-state index contributed by atoms with van der Waals surface area (Å²) in [5, 5.41) is 0. The summed E-state index contributed by atoms with van der Waals surface area (Å²) in [6, 6.07) is 0. The average Bonchev–Trinajstić information content (AvgIpc) is 2.28. The average molecular weight is 156 g/mol. The van der Waals surface area contributed by atoms with Crippen molar-refractivity contribution in [2.24, 2.45) is 0 Å². The summed E-state index contributed by atoms with van der Waals surface area (Å²) in [4.78, 5) is 0. The molecular weight excluding hydrogens is 144 g/mol. The van der Waals surface area contributed by atoms with Gasteiger partial charge in [0.05, 0.1) is 0 Å². The molecule has 0 saturated carbocycles. The van der Waals surface area contributed by atoms with Gasteiger partial charge in [0.2, 0.25) is 0 Å². The van der Waals surface area contributed by atoms with Crippen molar-refractivity contribution in [1.29, 1.82) is 0 Å². The first kappa shape index (κ1) is 8.58. The first-order valence-corrected chi connectivity index (χ1v) is 3.87. The molecule has 0 saturated heterocycles. The van der Waals surface area contributed by atoms with Gasteiger partial charge in [-0.05, 0) is 24.6 Å². The van der Waals surface area contributed by atoms with Crippen LogP contribution < -0.4 is 0 Å². The first-order chi connectivity index (χ1) is 5.74. The Balaban J connectivity index is 3.09. The lowest BCUT2D eigenvalue weighted by atomic mass is 10.1. The third-order valence-electron chi connectivity index (χ3n) is 1.65. The molecule has 0 spiro atoms. The molecule has 0 aromatic carbocycles. The molecule has 0 nitrogen and oxygen atoms in total. The van der Waals surface area contributed by atoms with Gasteiger partial charge in [0.15, 0.2) is 0 Å². The largest absolute Gasteiger partial charge is 0.113 e. The summed E-state index contributed by atoms with van der Waals surface area (Å²) in [6.45, 7) is 9.57. The second-order valence-electron chi connectivity index (χ2n) is 2.71. The van der Waals surface area contributed by atoms with Crippen molar-refractivity contribution in [3.63, 3.8) is 0 Å². The molecule has 0 unspecified atom stereocenters. The molecule has 0 heterocycles. The molecule has 0 fully saturated rings. The molecule has 0 aliphatic heterocycles. The van der Waals surface area contributed by atoms with E-state index in [2.05, 4.69) is 18.9 Å². The summed E-state index contributed by atoms with van der Waals surface area (Å²) in [6.07, 6.45) is 9.66. The van der Waals surface area contributed by atoms with Crippen molar-refractivity contribution in [3.05, 3.63) is 66.0 Å². The zero-order valence-corrected chi connectivity index (χ0v) is 7.30. The van der Waals surface area contributed by atoms with E-state index in [0.29, 0.717) is 0 Å². The van der Waals surface area contributed by atoms with Crippen molar-refractivity contribution in [1.82, 2.24) is 0 Å². The van der Waals surface area contributed by atoms with Crippen LogP contribution in [0.25, 0.3) is 0 Å². The van der Waals surface area contributed by atoms with Crippen LogP contribution >= 0.6 is 0 Å². The van der Waals surface area contributed by atoms with E-state index in [-0.39, 0.29) is 0 Å². The zero-order chi connectivity index (χ0) is 8.97. The molecule has 1 aliphatic rings. The maximum atomic E-state index is 3.88. The standard InChI is InChI=1S/C12H12/c1-4-11-7-5-6-8-12(9-11)10(2)3/h4-6,8-9H,1-2H2,3H3. The topological polar surface area (TPSA) is 0 Å². The molecule has 1 aliphatic carbocycles. The minimum absolute atomic E-state index is 0.998. The summed E-state index contributed by atoms with van der Waals surface area (Å²) in [7, 11) is 0. The Morgan fingerprint density at radius 2 is 2.33 bits per heavy atom. The number of hydrogen-bond acceptors (Lipinski definition) is 0. The molecule has 0 heteroatoms. The second kappa shape index (κ2) is 3.75. The minimum Gasteiger partial charge on any atom is -0.113 e. The van der Waals surface area contributed by atoms with Crippen LogP contribution in [0.3, 0.4) is 0 Å². The van der Waals surface area contributed by atoms with Gasteiger partial charge in [-0.25, -0.2) is 0 Å². The van der Waals surface area contributed by atoms with E-state index >= 15 is 0 Å². The summed E-state index contributed by atoms with van der Waals surface area (Å²) in [5.41, 5.74) is 6.27. The van der Waals surface area contributed by atoms with Gasteiger partial charge >= 0.3 is 0 Å². The van der Waals surface area contributed by atoms with Gasteiger partial charge in [-0.1, -0.05) is 37.0 Å². The van der Waals surface area contributed by atoms with Crippen LogP contribution in [0.4, 0.5) is 0 Å². The lowest BCUT2D eigenvalue weighted by molar-refractivity contribution is 1.44. The summed E-state index contributed by atoms with van der Waals surface area (Å²) < 4.78 is 0. The Morgan fingerprint density at radius 1 is 1.58 bits per heavy atom. The van der Waals surface area contributed by atoms with E-state index in [1.165, 1.54) is 0 Å². The third kappa shape index (κ3) is 1.98. The zero-order valence-electron chi connectivity index (χ0n) is 7.30. The normalized spacial score (nSPS) is 14.8. The molecular formula is C12H12. The molecule has 0 atom stereocenters. The first-order valence-electron chi connectivity index (χ1n) is 3.87. The van der Waals surface area contributed by atoms with Crippen LogP contribution in [0, 0.1) is 0 Å². The molecule has 0 radical (unpaired) electrons. The maximum absolute atomic E-state index is 3.88. The van der Waals surface area contributed by atoms with Crippen molar-refractivity contribution in [2.45, 2.75) is 6.92 Å². The Morgan fingerprint density at radius 3 is 2.92 bits per heavy atom. The van der Waals surface area contributed by atoms with Crippen molar-refractivity contribution in [2.75, 3.05) is 0 Å². The highest BCUT2D eigenvalue weighted by Gasteiger charge is 1.95. The monoisotopic (exact) mass is 156 g/mol. The fourth-order valence-corrected chi connectivity index (χ4v) is 0.937. The minimum atomic E-state index is 0.998. The Hall–Kier alpha value is -1.52. The van der Waals surface area contributed by atoms with Gasteiger partial charge in [-0.15, -0.1) is 5.73 Å². The highest BCUT2D eigenvalue weighted by atomic mass is 14.0. The smallest absolute Gasteiger partial charge is 0.0164 e. The summed E-state index contributed by atoms with van der Waals surface area (Å²) >= 11 is 0. The van der Waals surface area contributed by atoms with Gasteiger partial charge in [0.25, 0.3) is 0 Å². The quantitative estimate of drug-likeness (QED) is 0.538. The van der Waals surface area contributed by atoms with E-state index in [1.54, 1.807) is 6.08 Å². The Labute approximate surface area is 73.6 Å². The van der Waals surface area contributed by atoms with E-state index in [4.69, 9.17) is 0 Å². The Bertz CT molecular complexity index is 329. The van der Waals surface area contributed by atoms with Crippen LogP contribution in [0.1, 0.15) is 6.92 Å². The third-order valence-corrected chi connectivity index (χ3v) is 1.65. The maximum Gasteiger partial charge on any atom is 0.0164 e. The predicted octanol–water partition coefficient (Wildman–Crippen LogP) is 3.33. The highest BCUT2D eigenvalue weighted by molar-refractivity contribution is 5.47. The van der Waals surface area contributed by atoms with Gasteiger partial charge in [-0.3, -0.25) is 0 Å². The molecule has 0 N–H and O–H groups in total. The van der Waals surface area contributed by atoms with Gasteiger partial charge in [-0.2, -0.15) is 0 Å². The van der Waals surface area contributed by atoms with Gasteiger partial charge in [0, 0.05) is 5.57 Å². The van der Waals surface area contributed by atoms with Crippen LogP contribution in [-0.2, 0) is 0 Å². The van der Waals surface area contributed by atoms with E-state index in [1.807, 2.05) is 31.2 Å². The number of allylic oxidation sites excluding steroid dienone is 7. The van der Waals surface area contributed by atoms with Crippen molar-refractivity contribution in [3.8, 4) is 0 Å². The fraction of sp³-hybridized carbons (Fsp3) is 0.0833. The lowest BCUT2D eigenvalue weighted by Crippen LogP contribution is -1.79.